The molecule has 0 saturated carbocycles. The highest BCUT2D eigenvalue weighted by molar-refractivity contribution is 7.12. The van der Waals surface area contributed by atoms with Crippen molar-refractivity contribution in [2.24, 2.45) is 0 Å². The van der Waals surface area contributed by atoms with Gasteiger partial charge in [0.15, 0.2) is 0 Å². The standard InChI is InChI=1S/C19H14N2OS/c22-19(18-9-4-10-23-18)20-15-7-3-6-13(11-15)17-12-14-5-1-2-8-16(14)21-17/h1-12,21H,(H,20,22). The Balaban J connectivity index is 1.64. The molecule has 0 atom stereocenters. The van der Waals surface area contributed by atoms with Gasteiger partial charge < -0.3 is 10.3 Å². The first-order valence-corrected chi connectivity index (χ1v) is 8.21. The minimum atomic E-state index is -0.0752. The largest absolute Gasteiger partial charge is 0.355 e. The molecule has 2 heterocycles. The molecule has 3 nitrogen and oxygen atoms in total. The second kappa shape index (κ2) is 5.74. The number of para-hydroxylation sites is 1. The summed E-state index contributed by atoms with van der Waals surface area (Å²) in [5.74, 6) is -0.0752. The van der Waals surface area contributed by atoms with Crippen LogP contribution >= 0.6 is 11.3 Å². The topological polar surface area (TPSA) is 44.9 Å². The zero-order chi connectivity index (χ0) is 15.6. The Morgan fingerprint density at radius 2 is 1.87 bits per heavy atom. The number of thiophene rings is 1. The first-order chi connectivity index (χ1) is 11.3. The van der Waals surface area contributed by atoms with Crippen molar-refractivity contribution in [2.45, 2.75) is 0 Å². The number of rotatable bonds is 3. The minimum Gasteiger partial charge on any atom is -0.355 e. The smallest absolute Gasteiger partial charge is 0.265 e. The first kappa shape index (κ1) is 13.8. The van der Waals surface area contributed by atoms with Gasteiger partial charge in [0, 0.05) is 27.8 Å². The minimum absolute atomic E-state index is 0.0752. The van der Waals surface area contributed by atoms with Gasteiger partial charge in [-0.15, -0.1) is 11.3 Å². The molecule has 4 heteroatoms. The molecular weight excluding hydrogens is 304 g/mol. The van der Waals surface area contributed by atoms with Crippen LogP contribution in [0.2, 0.25) is 0 Å². The Hall–Kier alpha value is -2.85. The molecule has 112 valence electrons. The molecule has 0 aliphatic heterocycles. The van der Waals surface area contributed by atoms with Crippen molar-refractivity contribution in [1.82, 2.24) is 4.98 Å². The van der Waals surface area contributed by atoms with Crippen molar-refractivity contribution in [1.29, 1.82) is 0 Å². The lowest BCUT2D eigenvalue weighted by Crippen LogP contribution is -2.09. The summed E-state index contributed by atoms with van der Waals surface area (Å²) >= 11 is 1.44. The number of aromatic nitrogens is 1. The van der Waals surface area contributed by atoms with Crippen LogP contribution < -0.4 is 5.32 Å². The van der Waals surface area contributed by atoms with Crippen LogP contribution in [0.3, 0.4) is 0 Å². The summed E-state index contributed by atoms with van der Waals surface area (Å²) in [6.45, 7) is 0. The fraction of sp³-hybridized carbons (Fsp3) is 0. The van der Waals surface area contributed by atoms with Crippen LogP contribution in [-0.4, -0.2) is 10.9 Å². The van der Waals surface area contributed by atoms with E-state index in [4.69, 9.17) is 0 Å². The number of anilines is 1. The van der Waals surface area contributed by atoms with E-state index in [1.165, 1.54) is 16.7 Å². The van der Waals surface area contributed by atoms with Crippen molar-refractivity contribution in [3.05, 3.63) is 77.0 Å². The number of benzene rings is 2. The zero-order valence-electron chi connectivity index (χ0n) is 12.2. The summed E-state index contributed by atoms with van der Waals surface area (Å²) in [7, 11) is 0. The molecule has 4 aromatic rings. The van der Waals surface area contributed by atoms with Crippen molar-refractivity contribution >= 4 is 33.8 Å². The summed E-state index contributed by atoms with van der Waals surface area (Å²) in [6, 6.07) is 21.9. The summed E-state index contributed by atoms with van der Waals surface area (Å²) < 4.78 is 0. The van der Waals surface area contributed by atoms with Crippen molar-refractivity contribution in [3.8, 4) is 11.3 Å². The van der Waals surface area contributed by atoms with E-state index in [1.807, 2.05) is 53.9 Å². The summed E-state index contributed by atoms with van der Waals surface area (Å²) in [5, 5.41) is 6.02. The molecule has 0 spiro atoms. The van der Waals surface area contributed by atoms with Crippen LogP contribution in [0.1, 0.15) is 9.67 Å². The van der Waals surface area contributed by atoms with E-state index in [0.29, 0.717) is 4.88 Å². The van der Waals surface area contributed by atoms with Gasteiger partial charge in [-0.1, -0.05) is 36.4 Å². The van der Waals surface area contributed by atoms with Crippen molar-refractivity contribution < 1.29 is 4.79 Å². The lowest BCUT2D eigenvalue weighted by molar-refractivity contribution is 0.103. The normalized spacial score (nSPS) is 10.8. The van der Waals surface area contributed by atoms with Crippen molar-refractivity contribution in [3.63, 3.8) is 0 Å². The molecule has 4 rings (SSSR count). The van der Waals surface area contributed by atoms with E-state index in [2.05, 4.69) is 28.5 Å². The van der Waals surface area contributed by atoms with E-state index in [-0.39, 0.29) is 5.91 Å². The molecule has 0 saturated heterocycles. The number of hydrogen-bond acceptors (Lipinski definition) is 2. The molecule has 0 unspecified atom stereocenters. The molecule has 0 aliphatic carbocycles. The predicted molar refractivity (Wildman–Crippen MR) is 96.0 cm³/mol. The molecule has 0 fully saturated rings. The summed E-state index contributed by atoms with van der Waals surface area (Å²) in [6.07, 6.45) is 0. The molecular formula is C19H14N2OS. The Bertz CT molecular complexity index is 937. The van der Waals surface area contributed by atoms with Gasteiger partial charge in [-0.05, 0) is 35.7 Å². The van der Waals surface area contributed by atoms with Gasteiger partial charge in [-0.25, -0.2) is 0 Å². The number of carbonyl (C=O) groups is 1. The highest BCUT2D eigenvalue weighted by atomic mass is 32.1. The molecule has 2 aromatic carbocycles. The fourth-order valence-electron chi connectivity index (χ4n) is 2.59. The van der Waals surface area contributed by atoms with Gasteiger partial charge in [0.05, 0.1) is 4.88 Å². The van der Waals surface area contributed by atoms with Crippen LogP contribution in [-0.2, 0) is 0 Å². The average Bonchev–Trinajstić information content (AvgIpc) is 3.24. The number of nitrogens with one attached hydrogen (secondary N) is 2. The third-order valence-corrected chi connectivity index (χ3v) is 4.58. The van der Waals surface area contributed by atoms with E-state index in [0.717, 1.165) is 22.5 Å². The van der Waals surface area contributed by atoms with Gasteiger partial charge in [-0.2, -0.15) is 0 Å². The number of fused-ring (bicyclic) bond motifs is 1. The number of H-pyrrole nitrogens is 1. The number of hydrogen-bond donors (Lipinski definition) is 2. The summed E-state index contributed by atoms with van der Waals surface area (Å²) in [4.78, 5) is 16.3. The monoisotopic (exact) mass is 318 g/mol. The molecule has 1 amide bonds. The molecule has 2 N–H and O–H groups in total. The fourth-order valence-corrected chi connectivity index (χ4v) is 3.21. The second-order valence-electron chi connectivity index (χ2n) is 5.28. The van der Waals surface area contributed by atoms with Crippen LogP contribution in [0.5, 0.6) is 0 Å². The van der Waals surface area contributed by atoms with Crippen LogP contribution in [0, 0.1) is 0 Å². The third kappa shape index (κ3) is 2.76. The van der Waals surface area contributed by atoms with Gasteiger partial charge >= 0.3 is 0 Å². The number of amides is 1. The van der Waals surface area contributed by atoms with Gasteiger partial charge in [0.25, 0.3) is 5.91 Å². The van der Waals surface area contributed by atoms with E-state index < -0.39 is 0 Å². The SMILES string of the molecule is O=C(Nc1cccc(-c2cc3ccccc3[nH]2)c1)c1cccs1. The predicted octanol–water partition coefficient (Wildman–Crippen LogP) is 5.15. The quantitative estimate of drug-likeness (QED) is 0.539. The molecule has 0 radical (unpaired) electrons. The zero-order valence-corrected chi connectivity index (χ0v) is 13.1. The Kier molecular flexibility index (Phi) is 3.44. The highest BCUT2D eigenvalue weighted by Crippen LogP contribution is 2.26. The molecule has 0 bridgehead atoms. The second-order valence-corrected chi connectivity index (χ2v) is 6.23. The Morgan fingerprint density at radius 1 is 0.957 bits per heavy atom. The van der Waals surface area contributed by atoms with Gasteiger partial charge in [-0.3, -0.25) is 4.79 Å². The van der Waals surface area contributed by atoms with Crippen molar-refractivity contribution in [2.75, 3.05) is 5.32 Å². The molecule has 23 heavy (non-hydrogen) atoms. The lowest BCUT2D eigenvalue weighted by Gasteiger charge is -2.05. The maximum absolute atomic E-state index is 12.2. The van der Waals surface area contributed by atoms with E-state index >= 15 is 0 Å². The third-order valence-electron chi connectivity index (χ3n) is 3.71. The van der Waals surface area contributed by atoms with E-state index in [1.54, 1.807) is 0 Å². The van der Waals surface area contributed by atoms with Gasteiger partial charge in [0.1, 0.15) is 0 Å². The maximum Gasteiger partial charge on any atom is 0.265 e. The van der Waals surface area contributed by atoms with Crippen LogP contribution in [0.15, 0.2) is 72.1 Å². The first-order valence-electron chi connectivity index (χ1n) is 7.33. The van der Waals surface area contributed by atoms with Crippen LogP contribution in [0.4, 0.5) is 5.69 Å². The lowest BCUT2D eigenvalue weighted by atomic mass is 10.1. The highest BCUT2D eigenvalue weighted by Gasteiger charge is 2.08. The van der Waals surface area contributed by atoms with E-state index in [9.17, 15) is 4.79 Å². The van der Waals surface area contributed by atoms with Crippen LogP contribution in [0.25, 0.3) is 22.2 Å². The Labute approximate surface area is 137 Å². The average molecular weight is 318 g/mol. The Morgan fingerprint density at radius 3 is 2.70 bits per heavy atom. The van der Waals surface area contributed by atoms with Gasteiger partial charge in [0.2, 0.25) is 0 Å². The molecule has 0 aliphatic rings. The summed E-state index contributed by atoms with van der Waals surface area (Å²) in [5.41, 5.74) is 3.98. The molecule has 2 aromatic heterocycles. The number of aromatic amines is 1. The number of carbonyl (C=O) groups excluding carboxylic acids is 1. The maximum atomic E-state index is 12.2.